The number of sulfonamides is 1. The fourth-order valence-corrected chi connectivity index (χ4v) is 5.73. The molecule has 0 bridgehead atoms. The second-order valence-corrected chi connectivity index (χ2v) is 10.5. The number of rotatable bonds is 8. The molecule has 0 aromatic heterocycles. The van der Waals surface area contributed by atoms with Gasteiger partial charge in [-0.2, -0.15) is 4.31 Å². The van der Waals surface area contributed by atoms with Crippen LogP contribution in [0.1, 0.15) is 30.4 Å². The van der Waals surface area contributed by atoms with E-state index >= 15 is 0 Å². The second kappa shape index (κ2) is 9.93. The molecule has 0 unspecified atom stereocenters. The van der Waals surface area contributed by atoms with E-state index in [2.05, 4.69) is 6.07 Å². The summed E-state index contributed by atoms with van der Waals surface area (Å²) >= 11 is 0. The molecule has 6 nitrogen and oxygen atoms in total. The van der Waals surface area contributed by atoms with Crippen LogP contribution < -0.4 is 4.74 Å². The highest BCUT2D eigenvalue weighted by Gasteiger charge is 2.26. The fourth-order valence-electron chi connectivity index (χ4n) is 4.21. The highest BCUT2D eigenvalue weighted by Crippen LogP contribution is 2.23. The molecule has 0 spiro atoms. The van der Waals surface area contributed by atoms with E-state index in [9.17, 15) is 13.2 Å². The average molecular weight is 467 g/mol. The van der Waals surface area contributed by atoms with E-state index in [4.69, 9.17) is 4.74 Å². The summed E-state index contributed by atoms with van der Waals surface area (Å²) in [6.07, 6.45) is 2.78. The maximum atomic E-state index is 12.7. The van der Waals surface area contributed by atoms with Crippen molar-refractivity contribution in [1.29, 1.82) is 0 Å². The minimum absolute atomic E-state index is 0.0543. The van der Waals surface area contributed by atoms with Gasteiger partial charge in [0.05, 0.1) is 12.0 Å². The summed E-state index contributed by atoms with van der Waals surface area (Å²) in [5.41, 5.74) is 2.02. The largest absolute Gasteiger partial charge is 0.497 e. The van der Waals surface area contributed by atoms with E-state index in [0.29, 0.717) is 37.4 Å². The first-order valence-electron chi connectivity index (χ1n) is 11.3. The van der Waals surface area contributed by atoms with Crippen molar-refractivity contribution >= 4 is 26.7 Å². The van der Waals surface area contributed by atoms with Crippen molar-refractivity contribution in [3.8, 4) is 5.75 Å². The van der Waals surface area contributed by atoms with Crippen LogP contribution in [0.4, 0.5) is 0 Å². The molecule has 3 aromatic rings. The molecule has 4 rings (SSSR count). The van der Waals surface area contributed by atoms with E-state index in [1.54, 1.807) is 28.4 Å². The van der Waals surface area contributed by atoms with Crippen LogP contribution in [-0.2, 0) is 27.8 Å². The number of carbonyl (C=O) groups is 1. The number of aryl methyl sites for hydroxylation is 1. The highest BCUT2D eigenvalue weighted by atomic mass is 32.2. The average Bonchev–Trinajstić information content (AvgIpc) is 3.38. The maximum absolute atomic E-state index is 12.7. The molecule has 33 heavy (non-hydrogen) atoms. The van der Waals surface area contributed by atoms with Crippen molar-refractivity contribution in [2.75, 3.05) is 27.2 Å². The van der Waals surface area contributed by atoms with Gasteiger partial charge in [-0.15, -0.1) is 0 Å². The molecule has 3 aromatic carbocycles. The Morgan fingerprint density at radius 1 is 0.939 bits per heavy atom. The molecule has 1 fully saturated rings. The Hall–Kier alpha value is -2.90. The predicted octanol–water partition coefficient (Wildman–Crippen LogP) is 4.22. The third-order valence-electron chi connectivity index (χ3n) is 6.21. The Morgan fingerprint density at radius 2 is 1.58 bits per heavy atom. The van der Waals surface area contributed by atoms with E-state index in [0.717, 1.165) is 40.5 Å². The van der Waals surface area contributed by atoms with Crippen LogP contribution in [0.3, 0.4) is 0 Å². The molecule has 7 heteroatoms. The number of hydrogen-bond acceptors (Lipinski definition) is 4. The Morgan fingerprint density at radius 3 is 2.27 bits per heavy atom. The SMILES string of the molecule is COc1ccc2cc(CN(C)C(=O)CCc3ccc(S(=O)(=O)N4CCCC4)cc3)ccc2c1. The third-order valence-corrected chi connectivity index (χ3v) is 8.12. The molecule has 0 atom stereocenters. The second-order valence-electron chi connectivity index (χ2n) is 8.55. The molecule has 1 saturated heterocycles. The first-order valence-corrected chi connectivity index (χ1v) is 12.7. The lowest BCUT2D eigenvalue weighted by atomic mass is 10.1. The molecule has 174 valence electrons. The number of amides is 1. The number of carbonyl (C=O) groups excluding carboxylic acids is 1. The quantitative estimate of drug-likeness (QED) is 0.498. The number of ether oxygens (including phenoxy) is 1. The summed E-state index contributed by atoms with van der Waals surface area (Å²) in [6, 6.07) is 19.1. The normalized spacial score (nSPS) is 14.5. The Balaban J connectivity index is 1.33. The van der Waals surface area contributed by atoms with Crippen LogP contribution in [0.25, 0.3) is 10.8 Å². The Bertz CT molecular complexity index is 1230. The van der Waals surface area contributed by atoms with Crippen LogP contribution in [0.15, 0.2) is 65.6 Å². The van der Waals surface area contributed by atoms with Crippen LogP contribution in [0, 0.1) is 0 Å². The van der Waals surface area contributed by atoms with Crippen molar-refractivity contribution in [1.82, 2.24) is 9.21 Å². The first-order chi connectivity index (χ1) is 15.9. The number of methoxy groups -OCH3 is 1. The minimum Gasteiger partial charge on any atom is -0.497 e. The fraction of sp³-hybridized carbons (Fsp3) is 0.346. The summed E-state index contributed by atoms with van der Waals surface area (Å²) in [6.45, 7) is 1.72. The van der Waals surface area contributed by atoms with E-state index in [-0.39, 0.29) is 5.91 Å². The molecule has 1 amide bonds. The van der Waals surface area contributed by atoms with Gasteiger partial charge in [0.2, 0.25) is 15.9 Å². The van der Waals surface area contributed by atoms with Crippen LogP contribution in [0.5, 0.6) is 5.75 Å². The molecule has 0 N–H and O–H groups in total. The lowest BCUT2D eigenvalue weighted by Crippen LogP contribution is -2.27. The predicted molar refractivity (Wildman–Crippen MR) is 130 cm³/mol. The third kappa shape index (κ3) is 5.37. The summed E-state index contributed by atoms with van der Waals surface area (Å²) in [5.74, 6) is 0.878. The first kappa shape index (κ1) is 23.3. The monoisotopic (exact) mass is 466 g/mol. The molecule has 1 aliphatic rings. The molecule has 0 radical (unpaired) electrons. The molecular formula is C26H30N2O4S. The van der Waals surface area contributed by atoms with Gasteiger partial charge in [-0.3, -0.25) is 4.79 Å². The van der Waals surface area contributed by atoms with Crippen LogP contribution >= 0.6 is 0 Å². The summed E-state index contributed by atoms with van der Waals surface area (Å²) in [5, 5.41) is 2.21. The smallest absolute Gasteiger partial charge is 0.243 e. The molecular weight excluding hydrogens is 436 g/mol. The van der Waals surface area contributed by atoms with Crippen molar-refractivity contribution < 1.29 is 17.9 Å². The lowest BCUT2D eigenvalue weighted by Gasteiger charge is -2.18. The topological polar surface area (TPSA) is 66.9 Å². The van der Waals surface area contributed by atoms with E-state index in [1.807, 2.05) is 49.5 Å². The molecule has 0 aliphatic carbocycles. The zero-order valence-electron chi connectivity index (χ0n) is 19.2. The lowest BCUT2D eigenvalue weighted by molar-refractivity contribution is -0.130. The van der Waals surface area contributed by atoms with Crippen molar-refractivity contribution in [3.05, 3.63) is 71.8 Å². The number of fused-ring (bicyclic) bond motifs is 1. The van der Waals surface area contributed by atoms with E-state index < -0.39 is 10.0 Å². The Kier molecular flexibility index (Phi) is 7.00. The number of benzene rings is 3. The summed E-state index contributed by atoms with van der Waals surface area (Å²) in [7, 11) is 0.0622. The van der Waals surface area contributed by atoms with Crippen molar-refractivity contribution in [2.24, 2.45) is 0 Å². The van der Waals surface area contributed by atoms with Crippen molar-refractivity contribution in [3.63, 3.8) is 0 Å². The standard InChI is InChI=1S/C26H30N2O4S/c1-27(19-21-5-9-23-18-24(32-2)11-10-22(23)17-21)26(29)14-8-20-6-12-25(13-7-20)33(30,31)28-15-3-4-16-28/h5-7,9-13,17-18H,3-4,8,14-16,19H2,1-2H3. The Labute approximate surface area is 195 Å². The zero-order valence-corrected chi connectivity index (χ0v) is 20.0. The van der Waals surface area contributed by atoms with Gasteiger partial charge in [0.15, 0.2) is 0 Å². The number of hydrogen-bond donors (Lipinski definition) is 0. The number of nitrogens with zero attached hydrogens (tertiary/aromatic N) is 2. The van der Waals surface area contributed by atoms with Gasteiger partial charge in [0.25, 0.3) is 0 Å². The summed E-state index contributed by atoms with van der Waals surface area (Å²) in [4.78, 5) is 14.7. The van der Waals surface area contributed by atoms with Gasteiger partial charge in [-0.1, -0.05) is 30.3 Å². The van der Waals surface area contributed by atoms with Gasteiger partial charge < -0.3 is 9.64 Å². The van der Waals surface area contributed by atoms with Crippen LogP contribution in [-0.4, -0.2) is 50.8 Å². The highest BCUT2D eigenvalue weighted by molar-refractivity contribution is 7.89. The van der Waals surface area contributed by atoms with Gasteiger partial charge in [-0.05, 0) is 71.5 Å². The van der Waals surface area contributed by atoms with Crippen molar-refractivity contribution in [2.45, 2.75) is 37.1 Å². The van der Waals surface area contributed by atoms with Gasteiger partial charge in [0.1, 0.15) is 5.75 Å². The zero-order chi connectivity index (χ0) is 23.4. The maximum Gasteiger partial charge on any atom is 0.243 e. The van der Waals surface area contributed by atoms with Crippen LogP contribution in [0.2, 0.25) is 0 Å². The van der Waals surface area contributed by atoms with Gasteiger partial charge in [0, 0.05) is 33.1 Å². The van der Waals surface area contributed by atoms with Gasteiger partial charge in [-0.25, -0.2) is 8.42 Å². The van der Waals surface area contributed by atoms with E-state index in [1.165, 1.54) is 0 Å². The summed E-state index contributed by atoms with van der Waals surface area (Å²) < 4.78 is 32.1. The minimum atomic E-state index is -3.40. The molecule has 0 saturated carbocycles. The van der Waals surface area contributed by atoms with Gasteiger partial charge >= 0.3 is 0 Å². The molecule has 1 heterocycles. The molecule has 1 aliphatic heterocycles.